The van der Waals surface area contributed by atoms with Crippen LogP contribution in [0.1, 0.15) is 100 Å². The average molecular weight is 537 g/mol. The quantitative estimate of drug-likeness (QED) is 0.197. The van der Waals surface area contributed by atoms with Gasteiger partial charge in [-0.05, 0) is 86.5 Å². The Bertz CT molecular complexity index is 1180. The maximum atomic E-state index is 14.9. The molecule has 0 saturated heterocycles. The largest absolute Gasteiger partial charge is 0.493 e. The second-order valence-electron chi connectivity index (χ2n) is 11.3. The van der Waals surface area contributed by atoms with Crippen molar-refractivity contribution in [3.63, 3.8) is 0 Å². The molecular formula is C35H43F3O. The zero-order chi connectivity index (χ0) is 27.6. The number of aryl methyl sites for hydroxylation is 2. The van der Waals surface area contributed by atoms with Crippen molar-refractivity contribution >= 4 is 0 Å². The first kappa shape index (κ1) is 29.2. The SMILES string of the molecule is CCCCCCCCOc1ccc(C2CCC(CCc3ccc(-c4ccc(C)cc4)c(F)c3F)CC2)c(F)c1. The van der Waals surface area contributed by atoms with E-state index in [4.69, 9.17) is 4.74 Å². The van der Waals surface area contributed by atoms with Crippen molar-refractivity contribution in [3.05, 3.63) is 88.7 Å². The number of ether oxygens (including phenoxy) is 1. The number of hydrogen-bond donors (Lipinski definition) is 0. The highest BCUT2D eigenvalue weighted by molar-refractivity contribution is 5.65. The van der Waals surface area contributed by atoms with Crippen LogP contribution >= 0.6 is 0 Å². The molecule has 39 heavy (non-hydrogen) atoms. The maximum Gasteiger partial charge on any atom is 0.166 e. The van der Waals surface area contributed by atoms with Gasteiger partial charge in [0.25, 0.3) is 0 Å². The topological polar surface area (TPSA) is 9.23 Å². The molecule has 0 spiro atoms. The second-order valence-corrected chi connectivity index (χ2v) is 11.3. The van der Waals surface area contributed by atoms with E-state index in [0.717, 1.165) is 56.1 Å². The fourth-order valence-corrected chi connectivity index (χ4v) is 5.86. The Morgan fingerprint density at radius 3 is 2.21 bits per heavy atom. The van der Waals surface area contributed by atoms with Gasteiger partial charge in [-0.2, -0.15) is 0 Å². The van der Waals surface area contributed by atoms with Crippen LogP contribution in [-0.2, 0) is 6.42 Å². The molecule has 1 aliphatic rings. The molecule has 3 aromatic carbocycles. The van der Waals surface area contributed by atoms with Crippen LogP contribution in [0, 0.1) is 30.3 Å². The minimum Gasteiger partial charge on any atom is -0.493 e. The summed E-state index contributed by atoms with van der Waals surface area (Å²) in [6, 6.07) is 16.2. The summed E-state index contributed by atoms with van der Waals surface area (Å²) in [5.41, 5.74) is 3.29. The van der Waals surface area contributed by atoms with Crippen LogP contribution in [0.15, 0.2) is 54.6 Å². The Morgan fingerprint density at radius 2 is 1.49 bits per heavy atom. The van der Waals surface area contributed by atoms with Crippen molar-refractivity contribution in [2.45, 2.75) is 96.8 Å². The van der Waals surface area contributed by atoms with Crippen LogP contribution in [0.5, 0.6) is 5.75 Å². The molecule has 1 aliphatic carbocycles. The van der Waals surface area contributed by atoms with Crippen molar-refractivity contribution in [3.8, 4) is 16.9 Å². The molecule has 0 radical (unpaired) electrons. The van der Waals surface area contributed by atoms with Gasteiger partial charge in [0.05, 0.1) is 6.61 Å². The van der Waals surface area contributed by atoms with Gasteiger partial charge in [-0.25, -0.2) is 13.2 Å². The fraction of sp³-hybridized carbons (Fsp3) is 0.486. The van der Waals surface area contributed by atoms with Gasteiger partial charge >= 0.3 is 0 Å². The first-order valence-corrected chi connectivity index (χ1v) is 14.9. The molecule has 4 heteroatoms. The Balaban J connectivity index is 1.23. The van der Waals surface area contributed by atoms with Crippen molar-refractivity contribution < 1.29 is 17.9 Å². The van der Waals surface area contributed by atoms with Crippen molar-refractivity contribution in [2.75, 3.05) is 6.61 Å². The summed E-state index contributed by atoms with van der Waals surface area (Å²) in [4.78, 5) is 0. The first-order chi connectivity index (χ1) is 19.0. The lowest BCUT2D eigenvalue weighted by Crippen LogP contribution is -2.15. The highest BCUT2D eigenvalue weighted by atomic mass is 19.2. The van der Waals surface area contributed by atoms with Gasteiger partial charge in [0.1, 0.15) is 11.6 Å². The summed E-state index contributed by atoms with van der Waals surface area (Å²) < 4.78 is 50.4. The normalized spacial score (nSPS) is 17.4. The van der Waals surface area contributed by atoms with Gasteiger partial charge in [0.2, 0.25) is 0 Å². The Kier molecular flexibility index (Phi) is 10.9. The smallest absolute Gasteiger partial charge is 0.166 e. The maximum absolute atomic E-state index is 14.9. The summed E-state index contributed by atoms with van der Waals surface area (Å²) in [5, 5.41) is 0. The third-order valence-corrected chi connectivity index (χ3v) is 8.37. The van der Waals surface area contributed by atoms with E-state index < -0.39 is 11.6 Å². The number of benzene rings is 3. The Morgan fingerprint density at radius 1 is 0.769 bits per heavy atom. The molecule has 3 aromatic rings. The van der Waals surface area contributed by atoms with E-state index in [1.165, 1.54) is 31.7 Å². The van der Waals surface area contributed by atoms with Crippen LogP contribution in [-0.4, -0.2) is 6.61 Å². The molecule has 0 heterocycles. The monoisotopic (exact) mass is 536 g/mol. The summed E-state index contributed by atoms with van der Waals surface area (Å²) >= 11 is 0. The zero-order valence-corrected chi connectivity index (χ0v) is 23.6. The molecule has 0 amide bonds. The summed E-state index contributed by atoms with van der Waals surface area (Å²) in [7, 11) is 0. The molecule has 0 aliphatic heterocycles. The van der Waals surface area contributed by atoms with E-state index in [1.54, 1.807) is 12.1 Å². The summed E-state index contributed by atoms with van der Waals surface area (Å²) in [6.45, 7) is 4.82. The van der Waals surface area contributed by atoms with Gasteiger partial charge in [-0.15, -0.1) is 0 Å². The standard InChI is InChI=1S/C35H43F3O/c1-3-4-5-6-7-8-23-39-30-20-22-31(33(36)24-30)27-16-11-26(12-17-27)13-18-29-19-21-32(35(38)34(29)37)28-14-9-25(2)10-15-28/h9-10,14-15,19-22,24,26-27H,3-8,11-13,16-18,23H2,1-2H3. The molecule has 0 unspecified atom stereocenters. The molecule has 210 valence electrons. The van der Waals surface area contributed by atoms with Crippen molar-refractivity contribution in [2.24, 2.45) is 5.92 Å². The van der Waals surface area contributed by atoms with Gasteiger partial charge in [0, 0.05) is 11.6 Å². The average Bonchev–Trinajstić information content (AvgIpc) is 2.94. The molecule has 0 aromatic heterocycles. The van der Waals surface area contributed by atoms with E-state index in [1.807, 2.05) is 43.3 Å². The molecular weight excluding hydrogens is 493 g/mol. The minimum absolute atomic E-state index is 0.176. The van der Waals surface area contributed by atoms with E-state index in [0.29, 0.717) is 41.4 Å². The second kappa shape index (κ2) is 14.6. The number of halogens is 3. The lowest BCUT2D eigenvalue weighted by molar-refractivity contribution is 0.297. The van der Waals surface area contributed by atoms with Gasteiger partial charge < -0.3 is 4.74 Å². The van der Waals surface area contributed by atoms with Crippen molar-refractivity contribution in [1.29, 1.82) is 0 Å². The van der Waals surface area contributed by atoms with E-state index >= 15 is 0 Å². The predicted octanol–water partition coefficient (Wildman–Crippen LogP) is 10.7. The highest BCUT2D eigenvalue weighted by Gasteiger charge is 2.25. The lowest BCUT2D eigenvalue weighted by atomic mass is 9.76. The van der Waals surface area contributed by atoms with Gasteiger partial charge in [0.15, 0.2) is 11.6 Å². The molecule has 1 fully saturated rings. The highest BCUT2D eigenvalue weighted by Crippen LogP contribution is 2.39. The third-order valence-electron chi connectivity index (χ3n) is 8.37. The predicted molar refractivity (Wildman–Crippen MR) is 155 cm³/mol. The van der Waals surface area contributed by atoms with Crippen LogP contribution in [0.4, 0.5) is 13.2 Å². The molecule has 0 bridgehead atoms. The van der Waals surface area contributed by atoms with Gasteiger partial charge in [-0.1, -0.05) is 87.1 Å². The summed E-state index contributed by atoms with van der Waals surface area (Å²) in [5.74, 6) is -0.413. The molecule has 1 saturated carbocycles. The number of unbranched alkanes of at least 4 members (excludes halogenated alkanes) is 5. The van der Waals surface area contributed by atoms with Crippen LogP contribution < -0.4 is 4.74 Å². The van der Waals surface area contributed by atoms with E-state index in [-0.39, 0.29) is 11.7 Å². The number of hydrogen-bond acceptors (Lipinski definition) is 1. The van der Waals surface area contributed by atoms with Crippen LogP contribution in [0.3, 0.4) is 0 Å². The van der Waals surface area contributed by atoms with Crippen LogP contribution in [0.2, 0.25) is 0 Å². The Labute approximate surface area is 232 Å². The van der Waals surface area contributed by atoms with Crippen molar-refractivity contribution in [1.82, 2.24) is 0 Å². The van der Waals surface area contributed by atoms with E-state index in [9.17, 15) is 13.2 Å². The molecule has 0 N–H and O–H groups in total. The molecule has 4 rings (SSSR count). The molecule has 1 nitrogen and oxygen atoms in total. The Hall–Kier alpha value is -2.75. The fourth-order valence-electron chi connectivity index (χ4n) is 5.86. The van der Waals surface area contributed by atoms with E-state index in [2.05, 4.69) is 6.92 Å². The summed E-state index contributed by atoms with van der Waals surface area (Å²) in [6.07, 6.45) is 12.3. The third kappa shape index (κ3) is 8.13. The van der Waals surface area contributed by atoms with Gasteiger partial charge in [-0.3, -0.25) is 0 Å². The zero-order valence-electron chi connectivity index (χ0n) is 23.6. The van der Waals surface area contributed by atoms with Crippen LogP contribution in [0.25, 0.3) is 11.1 Å². The first-order valence-electron chi connectivity index (χ1n) is 14.9. The number of rotatable bonds is 13. The lowest BCUT2D eigenvalue weighted by Gasteiger charge is -2.29. The molecule has 0 atom stereocenters. The minimum atomic E-state index is -0.769.